The lowest BCUT2D eigenvalue weighted by atomic mass is 10.5. The van der Waals surface area contributed by atoms with E-state index in [9.17, 15) is 0 Å². The van der Waals surface area contributed by atoms with Gasteiger partial charge < -0.3 is 0 Å². The fourth-order valence-electron chi connectivity index (χ4n) is 0.129. The molecule has 0 rings (SSSR count). The minimum Gasteiger partial charge on any atom is -0.246 e. The Morgan fingerprint density at radius 2 is 2.17 bits per heavy atom. The largest absolute Gasteiger partial charge is 0.246 e. The van der Waals surface area contributed by atoms with Crippen LogP contribution in [0.3, 0.4) is 0 Å². The summed E-state index contributed by atoms with van der Waals surface area (Å²) >= 11 is 0. The summed E-state index contributed by atoms with van der Waals surface area (Å²) in [7, 11) is 0. The van der Waals surface area contributed by atoms with Crippen LogP contribution in [-0.4, -0.2) is 5.71 Å². The molecular formula is C3H9N3. The second-order valence-electron chi connectivity index (χ2n) is 1.19. The van der Waals surface area contributed by atoms with Gasteiger partial charge in [-0.25, -0.2) is 11.4 Å². The van der Waals surface area contributed by atoms with E-state index in [1.165, 1.54) is 0 Å². The number of hydrogen-bond acceptors (Lipinski definition) is 3. The van der Waals surface area contributed by atoms with Crippen molar-refractivity contribution < 1.29 is 0 Å². The fourth-order valence-corrected chi connectivity index (χ4v) is 0.129. The van der Waals surface area contributed by atoms with Gasteiger partial charge in [0.2, 0.25) is 0 Å². The number of hydrogen-bond donors (Lipinski definition) is 2. The number of nitrogens with one attached hydrogen (secondary N) is 1. The quantitative estimate of drug-likeness (QED) is 0.265. The Morgan fingerprint density at radius 3 is 2.17 bits per heavy atom. The molecule has 0 saturated carbocycles. The van der Waals surface area contributed by atoms with E-state index in [1.807, 2.05) is 13.8 Å². The van der Waals surface area contributed by atoms with E-state index in [0.717, 1.165) is 5.71 Å². The molecule has 3 nitrogen and oxygen atoms in total. The zero-order valence-corrected chi connectivity index (χ0v) is 4.02. The van der Waals surface area contributed by atoms with Gasteiger partial charge in [-0.15, -0.1) is 0 Å². The van der Waals surface area contributed by atoms with E-state index < -0.39 is 0 Å². The zero-order valence-electron chi connectivity index (χ0n) is 4.02. The summed E-state index contributed by atoms with van der Waals surface area (Å²) in [6, 6.07) is 0. The fraction of sp³-hybridized carbons (Fsp3) is 0.667. The molecule has 0 bridgehead atoms. The predicted octanol–water partition coefficient (Wildman–Crippen LogP) is -0.154. The monoisotopic (exact) mass is 87.1 g/mol. The van der Waals surface area contributed by atoms with E-state index in [4.69, 9.17) is 5.84 Å². The molecule has 0 aromatic carbocycles. The highest BCUT2D eigenvalue weighted by Crippen LogP contribution is 1.62. The van der Waals surface area contributed by atoms with Gasteiger partial charge in [-0.1, -0.05) is 0 Å². The average Bonchev–Trinajstić information content (AvgIpc) is 1.35. The summed E-state index contributed by atoms with van der Waals surface area (Å²) in [6.45, 7) is 3.72. The van der Waals surface area contributed by atoms with Crippen molar-refractivity contribution in [3.63, 3.8) is 0 Å². The Kier molecular flexibility index (Phi) is 2.40. The average molecular weight is 87.1 g/mol. The molecular weight excluding hydrogens is 78.1 g/mol. The second kappa shape index (κ2) is 2.66. The van der Waals surface area contributed by atoms with E-state index in [-0.39, 0.29) is 0 Å². The number of hydrazone groups is 1. The van der Waals surface area contributed by atoms with Gasteiger partial charge in [0.25, 0.3) is 0 Å². The van der Waals surface area contributed by atoms with E-state index in [2.05, 4.69) is 10.6 Å². The molecule has 0 saturated heterocycles. The van der Waals surface area contributed by atoms with Gasteiger partial charge in [0.15, 0.2) is 0 Å². The van der Waals surface area contributed by atoms with Crippen LogP contribution in [0.4, 0.5) is 0 Å². The molecule has 0 aromatic rings. The maximum atomic E-state index is 4.79. The third kappa shape index (κ3) is 3.43. The van der Waals surface area contributed by atoms with Crippen molar-refractivity contribution in [3.05, 3.63) is 0 Å². The lowest BCUT2D eigenvalue weighted by Gasteiger charge is -1.84. The molecule has 0 unspecified atom stereocenters. The molecule has 3 N–H and O–H groups in total. The van der Waals surface area contributed by atoms with Crippen LogP contribution in [0.1, 0.15) is 13.8 Å². The van der Waals surface area contributed by atoms with Gasteiger partial charge in [-0.3, -0.25) is 0 Å². The number of nitrogens with zero attached hydrogens (tertiary/aromatic N) is 1. The molecule has 0 atom stereocenters. The van der Waals surface area contributed by atoms with Gasteiger partial charge in [0.05, 0.1) is 0 Å². The summed E-state index contributed by atoms with van der Waals surface area (Å²) in [5.74, 6) is 4.79. The minimum atomic E-state index is 0.928. The van der Waals surface area contributed by atoms with Crippen LogP contribution >= 0.6 is 0 Å². The molecule has 3 heteroatoms. The lowest BCUT2D eigenvalue weighted by molar-refractivity contribution is 0.803. The Bertz CT molecular complexity index is 53.1. The smallest absolute Gasteiger partial charge is 0.0332 e. The van der Waals surface area contributed by atoms with E-state index >= 15 is 0 Å². The SMILES string of the molecule is CC(C)=NNN. The van der Waals surface area contributed by atoms with Gasteiger partial charge in [-0.05, 0) is 13.8 Å². The summed E-state index contributed by atoms with van der Waals surface area (Å²) in [5.41, 5.74) is 3.08. The van der Waals surface area contributed by atoms with Crippen molar-refractivity contribution in [1.82, 2.24) is 5.53 Å². The first-order valence-corrected chi connectivity index (χ1v) is 1.74. The molecule has 0 radical (unpaired) electrons. The minimum absolute atomic E-state index is 0.928. The van der Waals surface area contributed by atoms with Gasteiger partial charge >= 0.3 is 0 Å². The Balaban J connectivity index is 3.14. The molecule has 0 spiro atoms. The highest BCUT2D eigenvalue weighted by molar-refractivity contribution is 5.78. The van der Waals surface area contributed by atoms with Crippen molar-refractivity contribution in [2.75, 3.05) is 0 Å². The van der Waals surface area contributed by atoms with Gasteiger partial charge in [0.1, 0.15) is 0 Å². The molecule has 36 valence electrons. The van der Waals surface area contributed by atoms with Crippen molar-refractivity contribution in [2.45, 2.75) is 13.8 Å². The van der Waals surface area contributed by atoms with E-state index in [0.29, 0.717) is 0 Å². The van der Waals surface area contributed by atoms with Gasteiger partial charge in [0, 0.05) is 5.71 Å². The maximum absolute atomic E-state index is 4.79. The van der Waals surface area contributed by atoms with E-state index in [1.54, 1.807) is 0 Å². The molecule has 0 aliphatic carbocycles. The van der Waals surface area contributed by atoms with Crippen LogP contribution in [0, 0.1) is 0 Å². The third-order valence-electron chi connectivity index (χ3n) is 0.288. The molecule has 0 aliphatic rings. The van der Waals surface area contributed by atoms with Crippen LogP contribution in [-0.2, 0) is 0 Å². The number of rotatable bonds is 1. The molecule has 0 heterocycles. The Labute approximate surface area is 37.2 Å². The Hall–Kier alpha value is -0.570. The standard InChI is InChI=1S/C3H9N3/c1-3(2)5-6-4/h6H,4H2,1-2H3. The topological polar surface area (TPSA) is 50.4 Å². The summed E-state index contributed by atoms with van der Waals surface area (Å²) in [6.07, 6.45) is 0. The summed E-state index contributed by atoms with van der Waals surface area (Å²) in [4.78, 5) is 0. The first-order valence-electron chi connectivity index (χ1n) is 1.74. The van der Waals surface area contributed by atoms with Crippen molar-refractivity contribution in [2.24, 2.45) is 10.9 Å². The summed E-state index contributed by atoms with van der Waals surface area (Å²) in [5, 5.41) is 3.57. The molecule has 0 fully saturated rings. The van der Waals surface area contributed by atoms with Crippen LogP contribution in [0.5, 0.6) is 0 Å². The molecule has 0 amide bonds. The van der Waals surface area contributed by atoms with Crippen LogP contribution < -0.4 is 11.4 Å². The summed E-state index contributed by atoms with van der Waals surface area (Å²) < 4.78 is 0. The maximum Gasteiger partial charge on any atom is 0.0332 e. The number of nitrogens with two attached hydrogens (primary N) is 1. The first-order chi connectivity index (χ1) is 2.77. The van der Waals surface area contributed by atoms with Crippen molar-refractivity contribution >= 4 is 5.71 Å². The molecule has 0 aromatic heterocycles. The van der Waals surface area contributed by atoms with Crippen molar-refractivity contribution in [1.29, 1.82) is 0 Å². The van der Waals surface area contributed by atoms with Crippen LogP contribution in [0.25, 0.3) is 0 Å². The third-order valence-corrected chi connectivity index (χ3v) is 0.288. The highest BCUT2D eigenvalue weighted by atomic mass is 15.5. The zero-order chi connectivity index (χ0) is 4.99. The van der Waals surface area contributed by atoms with Crippen molar-refractivity contribution in [3.8, 4) is 0 Å². The second-order valence-corrected chi connectivity index (χ2v) is 1.19. The lowest BCUT2D eigenvalue weighted by Crippen LogP contribution is -2.14. The Morgan fingerprint density at radius 1 is 1.67 bits per heavy atom. The normalized spacial score (nSPS) is 7.17. The molecule has 6 heavy (non-hydrogen) atoms. The van der Waals surface area contributed by atoms with Crippen LogP contribution in [0.15, 0.2) is 5.10 Å². The highest BCUT2D eigenvalue weighted by Gasteiger charge is 1.67. The number of hydrazine groups is 1. The van der Waals surface area contributed by atoms with Gasteiger partial charge in [-0.2, -0.15) is 5.10 Å². The molecule has 0 aliphatic heterocycles. The predicted molar refractivity (Wildman–Crippen MR) is 26.1 cm³/mol. The van der Waals surface area contributed by atoms with Crippen LogP contribution in [0.2, 0.25) is 0 Å². The first kappa shape index (κ1) is 5.43.